The van der Waals surface area contributed by atoms with Crippen LogP contribution in [0.5, 0.6) is 11.5 Å². The Bertz CT molecular complexity index is 1040. The molecule has 9 nitrogen and oxygen atoms in total. The molecule has 9 heteroatoms. The van der Waals surface area contributed by atoms with Crippen molar-refractivity contribution in [1.82, 2.24) is 15.0 Å². The van der Waals surface area contributed by atoms with Crippen LogP contribution in [0.2, 0.25) is 0 Å². The summed E-state index contributed by atoms with van der Waals surface area (Å²) in [6, 6.07) is 12.8. The number of anilines is 3. The third-order valence-corrected chi connectivity index (χ3v) is 4.30. The summed E-state index contributed by atoms with van der Waals surface area (Å²) in [5, 5.41) is 3.14. The van der Waals surface area contributed by atoms with Crippen molar-refractivity contribution in [3.05, 3.63) is 59.4 Å². The quantitative estimate of drug-likeness (QED) is 0.540. The fourth-order valence-corrected chi connectivity index (χ4v) is 2.89. The second-order valence-corrected chi connectivity index (χ2v) is 6.19. The van der Waals surface area contributed by atoms with Crippen molar-refractivity contribution in [2.45, 2.75) is 20.0 Å². The molecule has 0 fully saturated rings. The van der Waals surface area contributed by atoms with E-state index in [0.29, 0.717) is 11.5 Å². The van der Waals surface area contributed by atoms with Crippen LogP contribution < -0.4 is 20.5 Å². The number of benzene rings is 2. The molecule has 3 aromatic rings. The molecule has 0 atom stereocenters. The average molecular weight is 409 g/mol. The normalized spacial score (nSPS) is 10.4. The van der Waals surface area contributed by atoms with Crippen LogP contribution in [0.3, 0.4) is 0 Å². The average Bonchev–Trinajstić information content (AvgIpc) is 2.76. The van der Waals surface area contributed by atoms with E-state index in [0.717, 1.165) is 17.7 Å². The smallest absolute Gasteiger partial charge is 0.342 e. The number of nitrogens with zero attached hydrogens (tertiary/aromatic N) is 3. The largest absolute Gasteiger partial charge is 0.493 e. The predicted molar refractivity (Wildman–Crippen MR) is 112 cm³/mol. The van der Waals surface area contributed by atoms with E-state index in [9.17, 15) is 4.79 Å². The molecule has 156 valence electrons. The molecule has 1 aromatic heterocycles. The number of methoxy groups -OCH3 is 2. The number of ether oxygens (including phenoxy) is 3. The van der Waals surface area contributed by atoms with Gasteiger partial charge in [-0.2, -0.15) is 15.0 Å². The van der Waals surface area contributed by atoms with Crippen LogP contribution >= 0.6 is 0 Å². The van der Waals surface area contributed by atoms with Crippen molar-refractivity contribution in [2.24, 2.45) is 0 Å². The molecule has 0 radical (unpaired) electrons. The van der Waals surface area contributed by atoms with E-state index in [-0.39, 0.29) is 29.9 Å². The molecule has 0 aliphatic heterocycles. The highest BCUT2D eigenvalue weighted by Crippen LogP contribution is 2.31. The summed E-state index contributed by atoms with van der Waals surface area (Å²) >= 11 is 0. The number of hydrogen-bond acceptors (Lipinski definition) is 9. The first-order valence-electron chi connectivity index (χ1n) is 9.29. The van der Waals surface area contributed by atoms with Gasteiger partial charge in [0.05, 0.1) is 14.2 Å². The summed E-state index contributed by atoms with van der Waals surface area (Å²) in [5.74, 6) is 0.626. The second-order valence-electron chi connectivity index (χ2n) is 6.19. The van der Waals surface area contributed by atoms with Gasteiger partial charge in [-0.3, -0.25) is 0 Å². The summed E-state index contributed by atoms with van der Waals surface area (Å²) in [6.07, 6.45) is 0.844. The molecule has 0 aliphatic rings. The topological polar surface area (TPSA) is 121 Å². The van der Waals surface area contributed by atoms with E-state index in [4.69, 9.17) is 19.9 Å². The lowest BCUT2D eigenvalue weighted by Crippen LogP contribution is -2.12. The van der Waals surface area contributed by atoms with Gasteiger partial charge in [-0.05, 0) is 30.2 Å². The van der Waals surface area contributed by atoms with Gasteiger partial charge in [-0.1, -0.05) is 31.2 Å². The van der Waals surface area contributed by atoms with Crippen LogP contribution in [0.1, 0.15) is 28.7 Å². The van der Waals surface area contributed by atoms with Gasteiger partial charge in [0.1, 0.15) is 5.56 Å². The molecule has 0 unspecified atom stereocenters. The molecule has 2 aromatic carbocycles. The Morgan fingerprint density at radius 2 is 1.83 bits per heavy atom. The van der Waals surface area contributed by atoms with E-state index in [1.807, 2.05) is 24.3 Å². The predicted octanol–water partition coefficient (Wildman–Crippen LogP) is 3.13. The number of para-hydroxylation sites is 2. The van der Waals surface area contributed by atoms with Crippen LogP contribution in [-0.4, -0.2) is 35.1 Å². The molecule has 0 saturated heterocycles. The lowest BCUT2D eigenvalue weighted by molar-refractivity contribution is 0.0458. The number of nitrogen functional groups attached to an aromatic ring is 1. The molecule has 0 aliphatic carbocycles. The Morgan fingerprint density at radius 3 is 2.57 bits per heavy atom. The van der Waals surface area contributed by atoms with Crippen molar-refractivity contribution in [3.63, 3.8) is 0 Å². The third kappa shape index (κ3) is 4.75. The lowest BCUT2D eigenvalue weighted by Gasteiger charge is -2.12. The van der Waals surface area contributed by atoms with Crippen LogP contribution in [-0.2, 0) is 17.8 Å². The van der Waals surface area contributed by atoms with Gasteiger partial charge in [0.25, 0.3) is 0 Å². The van der Waals surface area contributed by atoms with Crippen LogP contribution in [0.4, 0.5) is 17.6 Å². The van der Waals surface area contributed by atoms with E-state index in [2.05, 4.69) is 27.2 Å². The number of nitrogens with two attached hydrogens (primary N) is 1. The molecule has 3 N–H and O–H groups in total. The van der Waals surface area contributed by atoms with Gasteiger partial charge in [0.15, 0.2) is 23.9 Å². The summed E-state index contributed by atoms with van der Waals surface area (Å²) < 4.78 is 15.8. The van der Waals surface area contributed by atoms with Crippen molar-refractivity contribution in [2.75, 3.05) is 25.3 Å². The van der Waals surface area contributed by atoms with Gasteiger partial charge in [-0.25, -0.2) is 4.79 Å². The maximum absolute atomic E-state index is 12.5. The monoisotopic (exact) mass is 409 g/mol. The minimum absolute atomic E-state index is 0.0199. The molecule has 0 amide bonds. The Labute approximate surface area is 174 Å². The van der Waals surface area contributed by atoms with Gasteiger partial charge >= 0.3 is 5.97 Å². The number of aromatic nitrogens is 3. The fourth-order valence-electron chi connectivity index (χ4n) is 2.89. The first-order valence-corrected chi connectivity index (χ1v) is 9.29. The molecule has 1 heterocycles. The van der Waals surface area contributed by atoms with Gasteiger partial charge in [0.2, 0.25) is 11.9 Å². The van der Waals surface area contributed by atoms with Crippen molar-refractivity contribution in [3.8, 4) is 11.5 Å². The van der Waals surface area contributed by atoms with Crippen molar-refractivity contribution < 1.29 is 19.0 Å². The maximum Gasteiger partial charge on any atom is 0.342 e. The molecule has 0 bridgehead atoms. The first kappa shape index (κ1) is 20.8. The summed E-state index contributed by atoms with van der Waals surface area (Å²) in [6.45, 7) is 1.87. The number of aryl methyl sites for hydroxylation is 1. The zero-order chi connectivity index (χ0) is 21.5. The van der Waals surface area contributed by atoms with Gasteiger partial charge in [-0.15, -0.1) is 0 Å². The van der Waals surface area contributed by atoms with Crippen LogP contribution in [0, 0.1) is 0 Å². The molecule has 3 rings (SSSR count). The molecule has 0 spiro atoms. The minimum Gasteiger partial charge on any atom is -0.493 e. The van der Waals surface area contributed by atoms with Crippen LogP contribution in [0.15, 0.2) is 42.5 Å². The molecule has 30 heavy (non-hydrogen) atoms. The minimum atomic E-state index is -0.601. The molecular formula is C21H23N5O4. The summed E-state index contributed by atoms with van der Waals surface area (Å²) in [7, 11) is 2.94. The zero-order valence-corrected chi connectivity index (χ0v) is 17.0. The number of hydrogen-bond donors (Lipinski definition) is 2. The van der Waals surface area contributed by atoms with E-state index >= 15 is 0 Å². The zero-order valence-electron chi connectivity index (χ0n) is 17.0. The van der Waals surface area contributed by atoms with Crippen molar-refractivity contribution >= 4 is 23.6 Å². The van der Waals surface area contributed by atoms with Gasteiger partial charge < -0.3 is 25.3 Å². The highest BCUT2D eigenvalue weighted by molar-refractivity contribution is 5.93. The molecular weight excluding hydrogens is 386 g/mol. The number of nitrogens with one attached hydrogen (secondary N) is 1. The number of carbonyl (C=O) groups is 1. The lowest BCUT2D eigenvalue weighted by atomic mass is 10.1. The van der Waals surface area contributed by atoms with Gasteiger partial charge in [0, 0.05) is 5.69 Å². The van der Waals surface area contributed by atoms with E-state index in [1.165, 1.54) is 14.2 Å². The Hall–Kier alpha value is -3.88. The molecule has 0 saturated carbocycles. The van der Waals surface area contributed by atoms with E-state index < -0.39 is 5.97 Å². The second kappa shape index (κ2) is 9.55. The maximum atomic E-state index is 12.5. The number of rotatable bonds is 8. The third-order valence-electron chi connectivity index (χ3n) is 4.30. The highest BCUT2D eigenvalue weighted by Gasteiger charge is 2.18. The number of esters is 1. The summed E-state index contributed by atoms with van der Waals surface area (Å²) in [5.41, 5.74) is 8.01. The first-order chi connectivity index (χ1) is 14.5. The highest BCUT2D eigenvalue weighted by atomic mass is 16.5. The fraction of sp³-hybridized carbons (Fsp3) is 0.238. The standard InChI is InChI=1S/C21H23N5O4/c1-4-13-8-5-6-10-15(13)23-21-25-17(24-20(22)26-21)12-30-19(27)14-9-7-11-16(28-2)18(14)29-3/h5-11H,4,12H2,1-3H3,(H3,22,23,24,25,26). The van der Waals surface area contributed by atoms with Crippen molar-refractivity contribution in [1.29, 1.82) is 0 Å². The van der Waals surface area contributed by atoms with E-state index in [1.54, 1.807) is 18.2 Å². The number of carbonyl (C=O) groups excluding carboxylic acids is 1. The summed E-state index contributed by atoms with van der Waals surface area (Å²) in [4.78, 5) is 25.0. The van der Waals surface area contributed by atoms with Crippen LogP contribution in [0.25, 0.3) is 0 Å². The Morgan fingerprint density at radius 1 is 1.03 bits per heavy atom. The Balaban J connectivity index is 1.76. The SMILES string of the molecule is CCc1ccccc1Nc1nc(N)nc(COC(=O)c2cccc(OC)c2OC)n1. The Kier molecular flexibility index (Phi) is 6.63.